The predicted molar refractivity (Wildman–Crippen MR) is 69.9 cm³/mol. The Hall–Kier alpha value is -1.36. The van der Waals surface area contributed by atoms with Crippen LogP contribution < -0.4 is 5.32 Å². The van der Waals surface area contributed by atoms with Crippen LogP contribution >= 0.6 is 0 Å². The van der Waals surface area contributed by atoms with Gasteiger partial charge >= 0.3 is 0 Å². The summed E-state index contributed by atoms with van der Waals surface area (Å²) in [7, 11) is 1.88. The van der Waals surface area contributed by atoms with Crippen molar-refractivity contribution >= 4 is 5.91 Å². The number of piperidine rings is 1. The average molecular weight is 250 g/mol. The van der Waals surface area contributed by atoms with Crippen LogP contribution in [0.15, 0.2) is 12.4 Å². The molecule has 1 aliphatic heterocycles. The summed E-state index contributed by atoms with van der Waals surface area (Å²) in [4.78, 5) is 14.5. The highest BCUT2D eigenvalue weighted by Gasteiger charge is 2.39. The van der Waals surface area contributed by atoms with Crippen LogP contribution in [-0.2, 0) is 11.3 Å². The highest BCUT2D eigenvalue weighted by Crippen LogP contribution is 2.34. The van der Waals surface area contributed by atoms with E-state index >= 15 is 0 Å². The topological polar surface area (TPSA) is 61.0 Å². The van der Waals surface area contributed by atoms with Crippen molar-refractivity contribution in [2.45, 2.75) is 32.7 Å². The summed E-state index contributed by atoms with van der Waals surface area (Å²) in [6.45, 7) is 4.64. The summed E-state index contributed by atoms with van der Waals surface area (Å²) in [6, 6.07) is 0. The lowest BCUT2D eigenvalue weighted by Gasteiger charge is -2.38. The lowest BCUT2D eigenvalue weighted by atomic mass is 9.75. The van der Waals surface area contributed by atoms with Gasteiger partial charge < -0.3 is 10.2 Å². The molecule has 1 amide bonds. The van der Waals surface area contributed by atoms with Gasteiger partial charge in [0.1, 0.15) is 0 Å². The summed E-state index contributed by atoms with van der Waals surface area (Å²) >= 11 is 0. The minimum absolute atomic E-state index is 0.163. The number of hydrogen-bond acceptors (Lipinski definition) is 3. The van der Waals surface area contributed by atoms with Gasteiger partial charge in [0.25, 0.3) is 0 Å². The third-order valence-electron chi connectivity index (χ3n) is 4.01. The largest absolute Gasteiger partial charge is 0.341 e. The fraction of sp³-hybridized carbons (Fsp3) is 0.692. The van der Waals surface area contributed by atoms with Gasteiger partial charge in [-0.25, -0.2) is 0 Å². The second-order valence-corrected chi connectivity index (χ2v) is 5.15. The first-order chi connectivity index (χ1) is 8.68. The summed E-state index contributed by atoms with van der Waals surface area (Å²) in [5.41, 5.74) is 0.884. The van der Waals surface area contributed by atoms with Crippen LogP contribution in [0.2, 0.25) is 0 Å². The first-order valence-corrected chi connectivity index (χ1v) is 6.62. The summed E-state index contributed by atoms with van der Waals surface area (Å²) in [5.74, 6) is 0.271. The maximum absolute atomic E-state index is 12.6. The Morgan fingerprint density at radius 1 is 1.50 bits per heavy atom. The van der Waals surface area contributed by atoms with Crippen molar-refractivity contribution in [2.75, 3.05) is 20.1 Å². The van der Waals surface area contributed by atoms with Crippen molar-refractivity contribution in [3.8, 4) is 0 Å². The fourth-order valence-electron chi connectivity index (χ4n) is 2.74. The zero-order valence-electron chi connectivity index (χ0n) is 11.2. The Balaban J connectivity index is 2.04. The van der Waals surface area contributed by atoms with Crippen molar-refractivity contribution in [3.05, 3.63) is 18.0 Å². The van der Waals surface area contributed by atoms with Gasteiger partial charge in [-0.3, -0.25) is 9.89 Å². The lowest BCUT2D eigenvalue weighted by molar-refractivity contribution is -0.143. The third-order valence-corrected chi connectivity index (χ3v) is 4.01. The van der Waals surface area contributed by atoms with E-state index in [0.717, 1.165) is 37.9 Å². The van der Waals surface area contributed by atoms with E-state index in [4.69, 9.17) is 0 Å². The van der Waals surface area contributed by atoms with Gasteiger partial charge in [0, 0.05) is 25.4 Å². The standard InChI is InChI=1S/C13H22N4O/c1-3-13(4-6-14-7-5-13)12(18)17(2)10-11-8-15-16-9-11/h8-9,14H,3-7,10H2,1-2H3,(H,15,16). The molecule has 1 aliphatic rings. The van der Waals surface area contributed by atoms with E-state index in [9.17, 15) is 4.79 Å². The molecule has 0 saturated carbocycles. The maximum Gasteiger partial charge on any atom is 0.228 e. The molecular formula is C13H22N4O. The van der Waals surface area contributed by atoms with Gasteiger partial charge in [0.2, 0.25) is 5.91 Å². The van der Waals surface area contributed by atoms with Crippen LogP contribution in [0.4, 0.5) is 0 Å². The van der Waals surface area contributed by atoms with E-state index < -0.39 is 0 Å². The van der Waals surface area contributed by atoms with Gasteiger partial charge in [0.05, 0.1) is 11.6 Å². The van der Waals surface area contributed by atoms with Crippen LogP contribution in [0.1, 0.15) is 31.7 Å². The quantitative estimate of drug-likeness (QED) is 0.842. The molecule has 100 valence electrons. The van der Waals surface area contributed by atoms with Gasteiger partial charge in [-0.15, -0.1) is 0 Å². The number of aromatic amines is 1. The molecular weight excluding hydrogens is 228 g/mol. The second-order valence-electron chi connectivity index (χ2n) is 5.15. The number of hydrogen-bond donors (Lipinski definition) is 2. The zero-order chi connectivity index (χ0) is 13.0. The van der Waals surface area contributed by atoms with E-state index in [1.807, 2.05) is 18.1 Å². The predicted octanol–water partition coefficient (Wildman–Crippen LogP) is 1.15. The van der Waals surface area contributed by atoms with Gasteiger partial charge in [-0.2, -0.15) is 5.10 Å². The number of carbonyl (C=O) groups is 1. The summed E-state index contributed by atoms with van der Waals surface area (Å²) in [5, 5.41) is 10.0. The molecule has 0 atom stereocenters. The van der Waals surface area contributed by atoms with Crippen LogP contribution in [0, 0.1) is 5.41 Å². The number of nitrogens with one attached hydrogen (secondary N) is 2. The van der Waals surface area contributed by atoms with Crippen LogP contribution in [0.5, 0.6) is 0 Å². The molecule has 5 nitrogen and oxygen atoms in total. The van der Waals surface area contributed by atoms with E-state index in [1.54, 1.807) is 6.20 Å². The van der Waals surface area contributed by atoms with Crippen molar-refractivity contribution in [1.82, 2.24) is 20.4 Å². The molecule has 18 heavy (non-hydrogen) atoms. The first-order valence-electron chi connectivity index (χ1n) is 6.62. The van der Waals surface area contributed by atoms with E-state index in [2.05, 4.69) is 22.4 Å². The average Bonchev–Trinajstić information content (AvgIpc) is 2.91. The summed E-state index contributed by atoms with van der Waals surface area (Å²) in [6.07, 6.45) is 6.41. The zero-order valence-corrected chi connectivity index (χ0v) is 11.2. The van der Waals surface area contributed by atoms with Gasteiger partial charge in [0.15, 0.2) is 0 Å². The Morgan fingerprint density at radius 2 is 2.22 bits per heavy atom. The Kier molecular flexibility index (Phi) is 4.01. The number of aromatic nitrogens is 2. The molecule has 5 heteroatoms. The number of amides is 1. The summed E-state index contributed by atoms with van der Waals surface area (Å²) < 4.78 is 0. The number of H-pyrrole nitrogens is 1. The minimum Gasteiger partial charge on any atom is -0.341 e. The SMILES string of the molecule is CCC1(C(=O)N(C)Cc2cn[nH]c2)CCNCC1. The molecule has 1 saturated heterocycles. The molecule has 0 unspecified atom stereocenters. The highest BCUT2D eigenvalue weighted by atomic mass is 16.2. The van der Waals surface area contributed by atoms with Crippen LogP contribution in [0.25, 0.3) is 0 Å². The highest BCUT2D eigenvalue weighted by molar-refractivity contribution is 5.82. The smallest absolute Gasteiger partial charge is 0.228 e. The van der Waals surface area contributed by atoms with E-state index in [1.165, 1.54) is 0 Å². The Labute approximate surface area is 108 Å². The van der Waals surface area contributed by atoms with Gasteiger partial charge in [-0.1, -0.05) is 6.92 Å². The van der Waals surface area contributed by atoms with E-state index in [-0.39, 0.29) is 11.3 Å². The fourth-order valence-corrected chi connectivity index (χ4v) is 2.74. The van der Waals surface area contributed by atoms with Crippen molar-refractivity contribution in [2.24, 2.45) is 5.41 Å². The lowest BCUT2D eigenvalue weighted by Crippen LogP contribution is -2.47. The third kappa shape index (κ3) is 2.56. The van der Waals surface area contributed by atoms with Crippen LogP contribution in [-0.4, -0.2) is 41.1 Å². The molecule has 1 fully saturated rings. The molecule has 2 N–H and O–H groups in total. The number of nitrogens with zero attached hydrogens (tertiary/aromatic N) is 2. The Morgan fingerprint density at radius 3 is 2.78 bits per heavy atom. The van der Waals surface area contributed by atoms with E-state index in [0.29, 0.717) is 6.54 Å². The molecule has 0 bridgehead atoms. The van der Waals surface area contributed by atoms with Crippen LogP contribution in [0.3, 0.4) is 0 Å². The molecule has 1 aromatic heterocycles. The minimum atomic E-state index is -0.163. The second kappa shape index (κ2) is 5.52. The van der Waals surface area contributed by atoms with Crippen molar-refractivity contribution in [3.63, 3.8) is 0 Å². The van der Waals surface area contributed by atoms with Crippen molar-refractivity contribution in [1.29, 1.82) is 0 Å². The first kappa shape index (κ1) is 13.1. The van der Waals surface area contributed by atoms with Crippen molar-refractivity contribution < 1.29 is 4.79 Å². The molecule has 0 aromatic carbocycles. The Bertz CT molecular complexity index is 382. The number of rotatable bonds is 4. The normalized spacial score (nSPS) is 18.6. The molecule has 0 spiro atoms. The molecule has 1 aromatic rings. The molecule has 2 heterocycles. The molecule has 0 radical (unpaired) electrons. The van der Waals surface area contributed by atoms with Gasteiger partial charge in [-0.05, 0) is 32.4 Å². The number of carbonyl (C=O) groups excluding carboxylic acids is 1. The monoisotopic (exact) mass is 250 g/mol. The molecule has 0 aliphatic carbocycles. The maximum atomic E-state index is 12.6. The molecule has 2 rings (SSSR count).